The fraction of sp³-hybridized carbons (Fsp3) is 0.133. The molecule has 0 aliphatic heterocycles. The highest BCUT2D eigenvalue weighted by Crippen LogP contribution is 2.25. The summed E-state index contributed by atoms with van der Waals surface area (Å²) in [5, 5.41) is 8.53. The lowest BCUT2D eigenvalue weighted by Crippen LogP contribution is -1.91. The summed E-state index contributed by atoms with van der Waals surface area (Å²) in [6.07, 6.45) is 0.0164. The Hall–Kier alpha value is -2.21. The van der Waals surface area contributed by atoms with E-state index in [1.807, 2.05) is 6.07 Å². The maximum absolute atomic E-state index is 13.7. The van der Waals surface area contributed by atoms with Crippen LogP contribution in [-0.2, 0) is 6.42 Å². The molecule has 18 heavy (non-hydrogen) atoms. The number of hydrogen-bond donors (Lipinski definition) is 0. The average molecular weight is 243 g/mol. The molecule has 2 aromatic rings. The summed E-state index contributed by atoms with van der Waals surface area (Å²) < 4.78 is 27.4. The molecule has 0 unspecified atom stereocenters. The van der Waals surface area contributed by atoms with Gasteiger partial charge in [0, 0.05) is 11.1 Å². The molecule has 0 fully saturated rings. The summed E-state index contributed by atoms with van der Waals surface area (Å²) in [5.41, 5.74) is 1.99. The van der Waals surface area contributed by atoms with Crippen molar-refractivity contribution in [1.29, 1.82) is 5.26 Å². The maximum atomic E-state index is 13.7. The Balaban J connectivity index is 2.46. The van der Waals surface area contributed by atoms with Gasteiger partial charge in [0.25, 0.3) is 0 Å². The highest BCUT2D eigenvalue weighted by Gasteiger charge is 2.08. The summed E-state index contributed by atoms with van der Waals surface area (Å²) in [5.74, 6) is -0.851. The molecule has 3 heteroatoms. The molecule has 0 radical (unpaired) electrons. The van der Waals surface area contributed by atoms with E-state index >= 15 is 0 Å². The van der Waals surface area contributed by atoms with Gasteiger partial charge in [-0.3, -0.25) is 0 Å². The van der Waals surface area contributed by atoms with E-state index in [0.29, 0.717) is 16.7 Å². The molecule has 0 atom stereocenters. The number of aryl methyl sites for hydroxylation is 1. The van der Waals surface area contributed by atoms with E-state index in [2.05, 4.69) is 0 Å². The Labute approximate surface area is 104 Å². The maximum Gasteiger partial charge on any atom is 0.131 e. The quantitative estimate of drug-likeness (QED) is 0.781. The van der Waals surface area contributed by atoms with Crippen molar-refractivity contribution in [2.24, 2.45) is 0 Å². The second-order valence-corrected chi connectivity index (χ2v) is 4.12. The molecular formula is C15H11F2N. The lowest BCUT2D eigenvalue weighted by Gasteiger charge is -2.06. The minimum Gasteiger partial charge on any atom is -0.207 e. The fourth-order valence-electron chi connectivity index (χ4n) is 1.80. The Morgan fingerprint density at radius 3 is 2.44 bits per heavy atom. The van der Waals surface area contributed by atoms with Crippen LogP contribution in [0.2, 0.25) is 0 Å². The fourth-order valence-corrected chi connectivity index (χ4v) is 1.80. The molecule has 0 aliphatic rings. The Morgan fingerprint density at radius 1 is 1.06 bits per heavy atom. The van der Waals surface area contributed by atoms with E-state index in [9.17, 15) is 8.78 Å². The van der Waals surface area contributed by atoms with Gasteiger partial charge in [-0.1, -0.05) is 24.3 Å². The summed E-state index contributed by atoms with van der Waals surface area (Å²) >= 11 is 0. The van der Waals surface area contributed by atoms with Crippen LogP contribution in [0.15, 0.2) is 36.4 Å². The molecule has 0 heterocycles. The topological polar surface area (TPSA) is 23.8 Å². The minimum absolute atomic E-state index is 0.0164. The zero-order chi connectivity index (χ0) is 13.1. The van der Waals surface area contributed by atoms with E-state index in [4.69, 9.17) is 5.26 Å². The van der Waals surface area contributed by atoms with Gasteiger partial charge in [0.15, 0.2) is 0 Å². The zero-order valence-electron chi connectivity index (χ0n) is 9.87. The molecular weight excluding hydrogens is 232 g/mol. The monoisotopic (exact) mass is 243 g/mol. The average Bonchev–Trinajstić information content (AvgIpc) is 2.32. The number of nitrogens with zero attached hydrogens (tertiary/aromatic N) is 1. The first-order valence-electron chi connectivity index (χ1n) is 5.53. The number of hydrogen-bond acceptors (Lipinski definition) is 1. The molecule has 0 aliphatic carbocycles. The first kappa shape index (κ1) is 12.3. The molecule has 0 bridgehead atoms. The van der Waals surface area contributed by atoms with Crippen molar-refractivity contribution in [1.82, 2.24) is 0 Å². The third kappa shape index (κ3) is 2.38. The standard InChI is InChI=1S/C15H11F2N/c1-10-2-5-13(15(17)8-10)12-4-3-11(6-7-18)14(16)9-12/h2-5,8-9H,6H2,1H3. The van der Waals surface area contributed by atoms with Gasteiger partial charge in [0.1, 0.15) is 11.6 Å². The van der Waals surface area contributed by atoms with Gasteiger partial charge in [0.05, 0.1) is 12.5 Å². The second-order valence-electron chi connectivity index (χ2n) is 4.12. The summed E-state index contributed by atoms with van der Waals surface area (Å²) in [6.45, 7) is 1.80. The van der Waals surface area contributed by atoms with Crippen LogP contribution >= 0.6 is 0 Å². The lowest BCUT2D eigenvalue weighted by molar-refractivity contribution is 0.614. The lowest BCUT2D eigenvalue weighted by atomic mass is 10.0. The molecule has 90 valence electrons. The van der Waals surface area contributed by atoms with Crippen LogP contribution in [0.5, 0.6) is 0 Å². The molecule has 0 N–H and O–H groups in total. The molecule has 1 nitrogen and oxygen atoms in total. The van der Waals surface area contributed by atoms with E-state index in [-0.39, 0.29) is 12.2 Å². The van der Waals surface area contributed by atoms with Crippen LogP contribution < -0.4 is 0 Å². The van der Waals surface area contributed by atoms with Crippen LogP contribution in [0.3, 0.4) is 0 Å². The van der Waals surface area contributed by atoms with Crippen molar-refractivity contribution in [2.45, 2.75) is 13.3 Å². The first-order valence-corrected chi connectivity index (χ1v) is 5.53. The van der Waals surface area contributed by atoms with Gasteiger partial charge >= 0.3 is 0 Å². The van der Waals surface area contributed by atoms with E-state index in [1.54, 1.807) is 25.1 Å². The third-order valence-electron chi connectivity index (χ3n) is 2.76. The van der Waals surface area contributed by atoms with Gasteiger partial charge in [-0.2, -0.15) is 5.26 Å². The Kier molecular flexibility index (Phi) is 3.38. The van der Waals surface area contributed by atoms with Crippen molar-refractivity contribution >= 4 is 0 Å². The second kappa shape index (κ2) is 4.97. The normalized spacial score (nSPS) is 10.1. The van der Waals surface area contributed by atoms with Crippen molar-refractivity contribution in [3.05, 3.63) is 59.2 Å². The number of benzene rings is 2. The predicted molar refractivity (Wildman–Crippen MR) is 65.8 cm³/mol. The SMILES string of the molecule is Cc1ccc(-c2ccc(CC#N)c(F)c2)c(F)c1. The summed E-state index contributed by atoms with van der Waals surface area (Å²) in [6, 6.07) is 11.1. The van der Waals surface area contributed by atoms with Crippen LogP contribution in [0.1, 0.15) is 11.1 Å². The molecule has 2 aromatic carbocycles. The molecule has 0 saturated heterocycles. The highest BCUT2D eigenvalue weighted by molar-refractivity contribution is 5.65. The number of rotatable bonds is 2. The zero-order valence-corrected chi connectivity index (χ0v) is 9.87. The minimum atomic E-state index is -0.478. The van der Waals surface area contributed by atoms with Crippen molar-refractivity contribution in [2.75, 3.05) is 0 Å². The van der Waals surface area contributed by atoms with E-state index in [0.717, 1.165) is 5.56 Å². The van der Waals surface area contributed by atoms with Crippen LogP contribution in [0, 0.1) is 29.9 Å². The summed E-state index contributed by atoms with van der Waals surface area (Å²) in [4.78, 5) is 0. The van der Waals surface area contributed by atoms with Crippen LogP contribution in [0.25, 0.3) is 11.1 Å². The molecule has 0 amide bonds. The van der Waals surface area contributed by atoms with Crippen molar-refractivity contribution in [3.63, 3.8) is 0 Å². The number of halogens is 2. The van der Waals surface area contributed by atoms with Crippen molar-refractivity contribution < 1.29 is 8.78 Å². The molecule has 0 saturated carbocycles. The molecule has 2 rings (SSSR count). The van der Waals surface area contributed by atoms with Gasteiger partial charge in [-0.15, -0.1) is 0 Å². The molecule has 0 spiro atoms. The summed E-state index contributed by atoms with van der Waals surface area (Å²) in [7, 11) is 0. The van der Waals surface area contributed by atoms with Gasteiger partial charge in [-0.25, -0.2) is 8.78 Å². The van der Waals surface area contributed by atoms with Gasteiger partial charge < -0.3 is 0 Å². The smallest absolute Gasteiger partial charge is 0.131 e. The molecule has 0 aromatic heterocycles. The first-order chi connectivity index (χ1) is 8.61. The van der Waals surface area contributed by atoms with Crippen molar-refractivity contribution in [3.8, 4) is 17.2 Å². The Bertz CT molecular complexity index is 627. The van der Waals surface area contributed by atoms with Gasteiger partial charge in [0.2, 0.25) is 0 Å². The van der Waals surface area contributed by atoms with Gasteiger partial charge in [-0.05, 0) is 30.2 Å². The van der Waals surface area contributed by atoms with E-state index in [1.165, 1.54) is 18.2 Å². The van der Waals surface area contributed by atoms with E-state index < -0.39 is 5.82 Å². The van der Waals surface area contributed by atoms with Crippen LogP contribution in [-0.4, -0.2) is 0 Å². The number of nitriles is 1. The van der Waals surface area contributed by atoms with Crippen LogP contribution in [0.4, 0.5) is 8.78 Å². The predicted octanol–water partition coefficient (Wildman–Crippen LogP) is 4.01. The largest absolute Gasteiger partial charge is 0.207 e. The third-order valence-corrected chi connectivity index (χ3v) is 2.76. The highest BCUT2D eigenvalue weighted by atomic mass is 19.1. The Morgan fingerprint density at radius 2 is 1.83 bits per heavy atom.